The molecule has 1 aliphatic carbocycles. The zero-order chi connectivity index (χ0) is 30.2. The van der Waals surface area contributed by atoms with Crippen molar-refractivity contribution in [2.75, 3.05) is 13.2 Å². The van der Waals surface area contributed by atoms with Gasteiger partial charge < -0.3 is 23.9 Å². The van der Waals surface area contributed by atoms with Crippen molar-refractivity contribution in [2.45, 2.75) is 63.1 Å². The number of aromatic carboxylic acids is 1. The van der Waals surface area contributed by atoms with Gasteiger partial charge in [-0.2, -0.15) is 5.26 Å². The summed E-state index contributed by atoms with van der Waals surface area (Å²) in [5.41, 5.74) is 3.46. The highest BCUT2D eigenvalue weighted by Gasteiger charge is 2.52. The minimum Gasteiger partial charge on any atom is -0.478 e. The third kappa shape index (κ3) is 4.42. The SMILES string of the molecule is C[C@]1(c2ccc(C#N)cc2F)Oc2cccc([C@H]3CCN(Cc4nc5ccc(C(=O)O)cc5n4C[C@@H]4CCO4)[C@@H]4C[C@H]34)c2O1. The molecule has 10 heteroatoms. The Balaban J connectivity index is 1.03. The quantitative estimate of drug-likeness (QED) is 0.296. The lowest BCUT2D eigenvalue weighted by atomic mass is 9.87. The number of benzene rings is 3. The Morgan fingerprint density at radius 2 is 2.05 bits per heavy atom. The molecule has 8 rings (SSSR count). The van der Waals surface area contributed by atoms with E-state index in [9.17, 15) is 14.3 Å². The van der Waals surface area contributed by atoms with Crippen molar-refractivity contribution in [2.24, 2.45) is 5.92 Å². The fraction of sp³-hybridized carbons (Fsp3) is 0.382. The molecule has 224 valence electrons. The highest BCUT2D eigenvalue weighted by Crippen LogP contribution is 2.57. The van der Waals surface area contributed by atoms with Crippen LogP contribution in [-0.4, -0.2) is 50.8 Å². The predicted octanol–water partition coefficient (Wildman–Crippen LogP) is 5.56. The molecule has 3 fully saturated rings. The number of carbonyl (C=O) groups is 1. The maximum absolute atomic E-state index is 15.0. The molecule has 4 aliphatic rings. The molecule has 4 heterocycles. The first-order valence-electron chi connectivity index (χ1n) is 15.1. The standard InChI is InChI=1S/C34H31FN4O5/c1-34(25-7-5-19(16-36)13-26(25)35)43-30-4-2-3-23(32(30)44-34)22-9-11-38(28-15-24(22)28)18-31-37-27-8-6-20(33(40)41)14-29(27)39(31)17-21-10-12-42-21/h2-8,13-14,21-22,24,28H,9-12,15,17-18H2,1H3,(H,40,41)/t21-,22+,24+,28+,34-/m0/s1. The van der Waals surface area contributed by atoms with Crippen molar-refractivity contribution in [3.05, 3.63) is 88.5 Å². The number of aromatic nitrogens is 2. The number of carboxylic acids is 1. The number of hydrogen-bond acceptors (Lipinski definition) is 7. The van der Waals surface area contributed by atoms with Crippen LogP contribution >= 0.6 is 0 Å². The smallest absolute Gasteiger partial charge is 0.335 e. The summed E-state index contributed by atoms with van der Waals surface area (Å²) in [5.74, 6) is 0.106. The van der Waals surface area contributed by atoms with Crippen LogP contribution in [0.1, 0.15) is 65.0 Å². The molecule has 1 N–H and O–H groups in total. The number of halogens is 1. The van der Waals surface area contributed by atoms with E-state index in [0.29, 0.717) is 36.5 Å². The summed E-state index contributed by atoms with van der Waals surface area (Å²) in [4.78, 5) is 19.1. The molecule has 0 bridgehead atoms. The number of rotatable bonds is 7. The monoisotopic (exact) mass is 594 g/mol. The van der Waals surface area contributed by atoms with E-state index in [-0.39, 0.29) is 28.7 Å². The van der Waals surface area contributed by atoms with E-state index in [1.807, 2.05) is 18.2 Å². The van der Waals surface area contributed by atoms with Gasteiger partial charge in [0, 0.05) is 25.1 Å². The predicted molar refractivity (Wildman–Crippen MR) is 157 cm³/mol. The first-order valence-corrected chi connectivity index (χ1v) is 15.1. The van der Waals surface area contributed by atoms with Crippen molar-refractivity contribution in [3.8, 4) is 17.6 Å². The van der Waals surface area contributed by atoms with Crippen LogP contribution < -0.4 is 9.47 Å². The number of para-hydroxylation sites is 1. The largest absolute Gasteiger partial charge is 0.478 e. The van der Waals surface area contributed by atoms with Gasteiger partial charge in [-0.15, -0.1) is 0 Å². The summed E-state index contributed by atoms with van der Waals surface area (Å²) in [6.07, 6.45) is 3.09. The summed E-state index contributed by atoms with van der Waals surface area (Å²) in [5, 5.41) is 18.7. The van der Waals surface area contributed by atoms with Crippen LogP contribution in [0.15, 0.2) is 54.6 Å². The molecule has 9 nitrogen and oxygen atoms in total. The first-order chi connectivity index (χ1) is 21.3. The van der Waals surface area contributed by atoms with Gasteiger partial charge in [0.25, 0.3) is 5.79 Å². The molecule has 5 atom stereocenters. The van der Waals surface area contributed by atoms with Crippen molar-refractivity contribution >= 4 is 17.0 Å². The molecule has 4 aromatic rings. The second-order valence-electron chi connectivity index (χ2n) is 12.4. The van der Waals surface area contributed by atoms with Gasteiger partial charge in [0.05, 0.1) is 53.0 Å². The third-order valence-corrected chi connectivity index (χ3v) is 9.71. The normalized spacial score (nSPS) is 27.0. The first kappa shape index (κ1) is 27.1. The highest BCUT2D eigenvalue weighted by molar-refractivity contribution is 5.92. The molecule has 3 aliphatic heterocycles. The fourth-order valence-electron chi connectivity index (χ4n) is 7.27. The van der Waals surface area contributed by atoms with Crippen LogP contribution in [0.5, 0.6) is 11.5 Å². The second kappa shape index (κ2) is 10.0. The maximum Gasteiger partial charge on any atom is 0.335 e. The van der Waals surface area contributed by atoms with E-state index >= 15 is 0 Å². The molecule has 44 heavy (non-hydrogen) atoms. The van der Waals surface area contributed by atoms with Gasteiger partial charge in [-0.05, 0) is 80.1 Å². The van der Waals surface area contributed by atoms with E-state index in [1.54, 1.807) is 37.3 Å². The van der Waals surface area contributed by atoms with Crippen molar-refractivity contribution in [1.29, 1.82) is 5.26 Å². The maximum atomic E-state index is 15.0. The number of likely N-dealkylation sites (tertiary alicyclic amines) is 1. The Labute approximate surface area is 253 Å². The van der Waals surface area contributed by atoms with Gasteiger partial charge in [0.1, 0.15) is 11.6 Å². The van der Waals surface area contributed by atoms with E-state index in [2.05, 4.69) is 15.5 Å². The fourth-order valence-corrected chi connectivity index (χ4v) is 7.27. The number of ether oxygens (including phenoxy) is 3. The summed E-state index contributed by atoms with van der Waals surface area (Å²) in [6.45, 7) is 4.68. The number of imidazole rings is 1. The minimum absolute atomic E-state index is 0.116. The number of hydrogen-bond donors (Lipinski definition) is 1. The number of nitrogens with zero attached hydrogens (tertiary/aromatic N) is 4. The topological polar surface area (TPSA) is 110 Å². The van der Waals surface area contributed by atoms with Crippen LogP contribution in [0.25, 0.3) is 11.0 Å². The van der Waals surface area contributed by atoms with Crippen LogP contribution in [0.2, 0.25) is 0 Å². The van der Waals surface area contributed by atoms with Gasteiger partial charge in [-0.3, -0.25) is 4.90 Å². The van der Waals surface area contributed by atoms with Crippen LogP contribution in [0.3, 0.4) is 0 Å². The highest BCUT2D eigenvalue weighted by atomic mass is 19.1. The molecule has 1 aromatic heterocycles. The van der Waals surface area contributed by atoms with Crippen LogP contribution in [0.4, 0.5) is 4.39 Å². The van der Waals surface area contributed by atoms with Crippen molar-refractivity contribution in [1.82, 2.24) is 14.5 Å². The van der Waals surface area contributed by atoms with Gasteiger partial charge in [0.2, 0.25) is 0 Å². The van der Waals surface area contributed by atoms with E-state index in [1.165, 1.54) is 6.07 Å². The summed E-state index contributed by atoms with van der Waals surface area (Å²) in [6, 6.07) is 17.7. The van der Waals surface area contributed by atoms with Gasteiger partial charge >= 0.3 is 5.97 Å². The summed E-state index contributed by atoms with van der Waals surface area (Å²) < 4.78 is 35.5. The summed E-state index contributed by atoms with van der Waals surface area (Å²) >= 11 is 0. The second-order valence-corrected chi connectivity index (χ2v) is 12.4. The lowest BCUT2D eigenvalue weighted by Crippen LogP contribution is -2.36. The van der Waals surface area contributed by atoms with Crippen LogP contribution in [0, 0.1) is 23.1 Å². The third-order valence-electron chi connectivity index (χ3n) is 9.71. The molecule has 0 amide bonds. The van der Waals surface area contributed by atoms with E-state index < -0.39 is 17.6 Å². The molecule has 0 spiro atoms. The Morgan fingerprint density at radius 1 is 1.18 bits per heavy atom. The van der Waals surface area contributed by atoms with Crippen LogP contribution in [-0.2, 0) is 23.6 Å². The average molecular weight is 595 g/mol. The Kier molecular flexibility index (Phi) is 6.19. The zero-order valence-corrected chi connectivity index (χ0v) is 24.2. The summed E-state index contributed by atoms with van der Waals surface area (Å²) in [7, 11) is 0. The Bertz CT molecular complexity index is 1860. The molecular formula is C34H31FN4O5. The lowest BCUT2D eigenvalue weighted by molar-refractivity contribution is -0.0712. The van der Waals surface area contributed by atoms with Gasteiger partial charge in [-0.25, -0.2) is 14.2 Å². The molecular weight excluding hydrogens is 563 g/mol. The van der Waals surface area contributed by atoms with E-state index in [0.717, 1.165) is 54.8 Å². The Morgan fingerprint density at radius 3 is 2.80 bits per heavy atom. The van der Waals surface area contributed by atoms with Gasteiger partial charge in [-0.1, -0.05) is 12.1 Å². The molecule has 0 unspecified atom stereocenters. The van der Waals surface area contributed by atoms with E-state index in [4.69, 9.17) is 24.5 Å². The average Bonchev–Trinajstić information content (AvgIpc) is 3.61. The molecule has 0 radical (unpaired) electrons. The molecule has 3 aromatic carbocycles. The number of piperidine rings is 1. The van der Waals surface area contributed by atoms with Crippen molar-refractivity contribution in [3.63, 3.8) is 0 Å². The minimum atomic E-state index is -1.33. The number of carboxylic acid groups (broad SMARTS) is 1. The van der Waals surface area contributed by atoms with Gasteiger partial charge in [0.15, 0.2) is 11.5 Å². The number of nitriles is 1. The molecule has 1 saturated carbocycles. The molecule has 2 saturated heterocycles. The Hall–Kier alpha value is -4.46. The lowest BCUT2D eigenvalue weighted by Gasteiger charge is -2.33. The van der Waals surface area contributed by atoms with Crippen molar-refractivity contribution < 1.29 is 28.5 Å². The number of fused-ring (bicyclic) bond motifs is 3. The zero-order valence-electron chi connectivity index (χ0n) is 24.2.